The molecule has 7 nitrogen and oxygen atoms in total. The number of nitrogens with zero attached hydrogens (tertiary/aromatic N) is 1. The van der Waals surface area contributed by atoms with E-state index in [1.165, 1.54) is 0 Å². The van der Waals surface area contributed by atoms with Crippen molar-refractivity contribution in [3.8, 4) is 17.2 Å². The van der Waals surface area contributed by atoms with Gasteiger partial charge in [-0.1, -0.05) is 66.2 Å². The topological polar surface area (TPSA) is 77.1 Å². The Morgan fingerprint density at radius 2 is 1.56 bits per heavy atom. The molecule has 3 aliphatic rings. The number of hydrogen-bond acceptors (Lipinski definition) is 5. The lowest BCUT2D eigenvalue weighted by atomic mass is 9.77. The summed E-state index contributed by atoms with van der Waals surface area (Å²) in [5, 5.41) is 3.56. The fourth-order valence-corrected chi connectivity index (χ4v) is 5.89. The number of carbonyl (C=O) groups is 2. The zero-order chi connectivity index (χ0) is 26.6. The molecule has 0 aliphatic carbocycles. The average molecular weight is 539 g/mol. The summed E-state index contributed by atoms with van der Waals surface area (Å²) >= 11 is 6.27. The van der Waals surface area contributed by atoms with Gasteiger partial charge in [0.2, 0.25) is 12.7 Å². The van der Waals surface area contributed by atoms with E-state index in [1.54, 1.807) is 23.1 Å². The summed E-state index contributed by atoms with van der Waals surface area (Å²) in [6.45, 7) is 0.841. The van der Waals surface area contributed by atoms with Gasteiger partial charge in [0.15, 0.2) is 11.5 Å². The third kappa shape index (κ3) is 3.65. The van der Waals surface area contributed by atoms with Gasteiger partial charge in [-0.15, -0.1) is 0 Å². The quantitative estimate of drug-likeness (QED) is 0.377. The van der Waals surface area contributed by atoms with Crippen LogP contribution >= 0.6 is 11.6 Å². The van der Waals surface area contributed by atoms with Crippen LogP contribution in [0.4, 0.5) is 5.69 Å². The second-order valence-electron chi connectivity index (χ2n) is 9.74. The summed E-state index contributed by atoms with van der Waals surface area (Å²) in [5.41, 5.74) is 3.49. The fraction of sp³-hybridized carbons (Fsp3) is 0.161. The summed E-state index contributed by atoms with van der Waals surface area (Å²) in [5.74, 6) is 1.49. The number of ether oxygens (including phenoxy) is 3. The lowest BCUT2D eigenvalue weighted by Crippen LogP contribution is -2.42. The first-order valence-electron chi connectivity index (χ1n) is 12.6. The molecule has 39 heavy (non-hydrogen) atoms. The number of nitrogens with one attached hydrogen (secondary N) is 1. The normalized spacial score (nSPS) is 18.2. The first-order chi connectivity index (χ1) is 19.1. The molecule has 3 heterocycles. The number of amides is 2. The van der Waals surface area contributed by atoms with Crippen LogP contribution in [0.1, 0.15) is 32.6 Å². The Morgan fingerprint density at radius 1 is 0.846 bits per heavy atom. The summed E-state index contributed by atoms with van der Waals surface area (Å²) in [7, 11) is 0. The van der Waals surface area contributed by atoms with Crippen molar-refractivity contribution < 1.29 is 23.8 Å². The van der Waals surface area contributed by atoms with E-state index in [0.717, 1.165) is 27.9 Å². The van der Waals surface area contributed by atoms with E-state index >= 15 is 0 Å². The van der Waals surface area contributed by atoms with Gasteiger partial charge in [-0.3, -0.25) is 9.59 Å². The number of hydrogen-bond donors (Lipinski definition) is 1. The SMILES string of the molecule is O=C(NCc1ccccc1Cl)c1ccccc1CN1C(=O)C2(COc3cc4c(cc32)OCO4)c2ccccc21. The molecule has 0 radical (unpaired) electrons. The predicted molar refractivity (Wildman–Crippen MR) is 146 cm³/mol. The van der Waals surface area contributed by atoms with E-state index in [2.05, 4.69) is 5.32 Å². The van der Waals surface area contributed by atoms with Gasteiger partial charge in [0, 0.05) is 34.4 Å². The van der Waals surface area contributed by atoms with Crippen LogP contribution in [0.3, 0.4) is 0 Å². The molecule has 1 unspecified atom stereocenters. The van der Waals surface area contributed by atoms with Gasteiger partial charge in [0.25, 0.3) is 5.91 Å². The van der Waals surface area contributed by atoms with Crippen LogP contribution in [0.15, 0.2) is 84.9 Å². The van der Waals surface area contributed by atoms with E-state index in [-0.39, 0.29) is 31.8 Å². The lowest BCUT2D eigenvalue weighted by Gasteiger charge is -2.24. The highest BCUT2D eigenvalue weighted by molar-refractivity contribution is 6.31. The number of rotatable bonds is 5. The van der Waals surface area contributed by atoms with E-state index in [4.69, 9.17) is 25.8 Å². The average Bonchev–Trinajstić information content (AvgIpc) is 3.64. The number of anilines is 1. The summed E-state index contributed by atoms with van der Waals surface area (Å²) < 4.78 is 17.2. The maximum atomic E-state index is 14.3. The smallest absolute Gasteiger partial charge is 0.251 e. The Hall–Kier alpha value is -4.49. The zero-order valence-electron chi connectivity index (χ0n) is 20.8. The third-order valence-electron chi connectivity index (χ3n) is 7.63. The number of fused-ring (bicyclic) bond motifs is 5. The summed E-state index contributed by atoms with van der Waals surface area (Å²) in [6.07, 6.45) is 0. The van der Waals surface area contributed by atoms with Gasteiger partial charge in [-0.05, 0) is 41.0 Å². The van der Waals surface area contributed by atoms with E-state index < -0.39 is 5.41 Å². The maximum absolute atomic E-state index is 14.3. The number of halogens is 1. The maximum Gasteiger partial charge on any atom is 0.251 e. The standard InChI is InChI=1S/C31H23ClN2O5/c32-24-11-5-2-7-19(24)15-33-29(35)21-9-3-1-8-20(21)16-34-25-12-6-4-10-22(25)31(30(34)36)17-37-26-14-28-27(13-23(26)31)38-18-39-28/h1-14H,15-18H2,(H,33,35). The van der Waals surface area contributed by atoms with Crippen LogP contribution in [0.2, 0.25) is 5.02 Å². The van der Waals surface area contributed by atoms with Crippen molar-refractivity contribution in [1.82, 2.24) is 5.32 Å². The largest absolute Gasteiger partial charge is 0.491 e. The Balaban J connectivity index is 1.22. The second-order valence-corrected chi connectivity index (χ2v) is 10.1. The highest BCUT2D eigenvalue weighted by atomic mass is 35.5. The molecule has 0 saturated carbocycles. The molecule has 7 rings (SSSR count). The van der Waals surface area contributed by atoms with Gasteiger partial charge in [0.05, 0.1) is 6.54 Å². The molecular formula is C31H23ClN2O5. The lowest BCUT2D eigenvalue weighted by molar-refractivity contribution is -0.122. The summed E-state index contributed by atoms with van der Waals surface area (Å²) in [4.78, 5) is 29.4. The second kappa shape index (κ2) is 9.06. The van der Waals surface area contributed by atoms with Gasteiger partial charge >= 0.3 is 0 Å². The van der Waals surface area contributed by atoms with E-state index in [1.807, 2.05) is 66.7 Å². The van der Waals surface area contributed by atoms with Crippen molar-refractivity contribution in [1.29, 1.82) is 0 Å². The van der Waals surface area contributed by atoms with Crippen LogP contribution in [-0.2, 0) is 23.3 Å². The minimum absolute atomic E-state index is 0.104. The highest BCUT2D eigenvalue weighted by Crippen LogP contribution is 2.55. The molecule has 0 saturated heterocycles. The van der Waals surface area contributed by atoms with Crippen LogP contribution in [-0.4, -0.2) is 25.2 Å². The molecule has 8 heteroatoms. The Labute approximate surface area is 229 Å². The molecule has 0 fully saturated rings. The third-order valence-corrected chi connectivity index (χ3v) is 8.00. The molecule has 0 bridgehead atoms. The highest BCUT2D eigenvalue weighted by Gasteiger charge is 2.57. The van der Waals surface area contributed by atoms with Crippen molar-refractivity contribution in [3.05, 3.63) is 118 Å². The molecule has 4 aromatic carbocycles. The minimum atomic E-state index is -1.01. The Bertz CT molecular complexity index is 1650. The van der Waals surface area contributed by atoms with Crippen LogP contribution < -0.4 is 24.4 Å². The molecule has 3 aliphatic heterocycles. The van der Waals surface area contributed by atoms with Gasteiger partial charge in [-0.25, -0.2) is 0 Å². The molecule has 2 amide bonds. The van der Waals surface area contributed by atoms with Crippen LogP contribution in [0.25, 0.3) is 0 Å². The van der Waals surface area contributed by atoms with Crippen LogP contribution in [0, 0.1) is 0 Å². The van der Waals surface area contributed by atoms with E-state index in [9.17, 15) is 9.59 Å². The van der Waals surface area contributed by atoms with Crippen molar-refractivity contribution in [2.75, 3.05) is 18.3 Å². The Morgan fingerprint density at radius 3 is 2.41 bits per heavy atom. The first kappa shape index (κ1) is 23.6. The fourth-order valence-electron chi connectivity index (χ4n) is 5.68. The Kier molecular flexibility index (Phi) is 5.49. The van der Waals surface area contributed by atoms with Gasteiger partial charge in [-0.2, -0.15) is 0 Å². The van der Waals surface area contributed by atoms with Crippen LogP contribution in [0.5, 0.6) is 17.2 Å². The molecule has 1 N–H and O–H groups in total. The first-order valence-corrected chi connectivity index (χ1v) is 13.0. The van der Waals surface area contributed by atoms with Crippen molar-refractivity contribution in [2.24, 2.45) is 0 Å². The molecular weight excluding hydrogens is 516 g/mol. The van der Waals surface area contributed by atoms with E-state index in [0.29, 0.717) is 34.4 Å². The zero-order valence-corrected chi connectivity index (χ0v) is 21.5. The molecule has 1 atom stereocenters. The van der Waals surface area contributed by atoms with Crippen molar-refractivity contribution >= 4 is 29.1 Å². The monoisotopic (exact) mass is 538 g/mol. The predicted octanol–water partition coefficient (Wildman–Crippen LogP) is 5.22. The number of para-hydroxylation sites is 1. The molecule has 194 valence electrons. The summed E-state index contributed by atoms with van der Waals surface area (Å²) in [6, 6.07) is 26.1. The molecule has 0 aromatic heterocycles. The number of carbonyl (C=O) groups excluding carboxylic acids is 2. The minimum Gasteiger partial charge on any atom is -0.491 e. The van der Waals surface area contributed by atoms with Crippen molar-refractivity contribution in [3.63, 3.8) is 0 Å². The number of benzene rings is 4. The van der Waals surface area contributed by atoms with Gasteiger partial charge < -0.3 is 24.4 Å². The molecule has 1 spiro atoms. The van der Waals surface area contributed by atoms with Gasteiger partial charge in [0.1, 0.15) is 17.8 Å². The molecule has 4 aromatic rings. The van der Waals surface area contributed by atoms with Crippen molar-refractivity contribution in [2.45, 2.75) is 18.5 Å².